The Morgan fingerprint density at radius 1 is 1.15 bits per heavy atom. The van der Waals surface area contributed by atoms with Crippen LogP contribution in [0.25, 0.3) is 0 Å². The zero-order valence-corrected chi connectivity index (χ0v) is 10.8. The van der Waals surface area contributed by atoms with E-state index in [4.69, 9.17) is 9.57 Å². The van der Waals surface area contributed by atoms with Gasteiger partial charge in [-0.25, -0.2) is 8.78 Å². The summed E-state index contributed by atoms with van der Waals surface area (Å²) in [4.78, 5) is 5.00. The van der Waals surface area contributed by atoms with Crippen LogP contribution in [0.2, 0.25) is 0 Å². The van der Waals surface area contributed by atoms with Crippen molar-refractivity contribution in [3.63, 3.8) is 0 Å². The molecular formula is C15H13F2NO2. The first-order valence-corrected chi connectivity index (χ1v) is 5.93. The lowest BCUT2D eigenvalue weighted by atomic mass is 10.2. The predicted octanol–water partition coefficient (Wildman–Crippen LogP) is 3.52. The summed E-state index contributed by atoms with van der Waals surface area (Å²) in [5.41, 5.74) is 0.984. The number of hydrogen-bond donors (Lipinski definition) is 0. The largest absolute Gasteiger partial charge is 0.496 e. The molecule has 0 radical (unpaired) electrons. The molecule has 0 spiro atoms. The number of benzene rings is 2. The maximum atomic E-state index is 13.3. The summed E-state index contributed by atoms with van der Waals surface area (Å²) in [6.45, 7) is -0.0717. The normalized spacial score (nSPS) is 10.8. The fourth-order valence-electron chi connectivity index (χ4n) is 1.61. The molecular weight excluding hydrogens is 264 g/mol. The average Bonchev–Trinajstić information content (AvgIpc) is 2.46. The molecule has 20 heavy (non-hydrogen) atoms. The van der Waals surface area contributed by atoms with Gasteiger partial charge in [0.25, 0.3) is 0 Å². The van der Waals surface area contributed by atoms with Crippen molar-refractivity contribution in [2.75, 3.05) is 7.11 Å². The van der Waals surface area contributed by atoms with Crippen molar-refractivity contribution in [1.29, 1.82) is 0 Å². The van der Waals surface area contributed by atoms with E-state index in [1.54, 1.807) is 13.2 Å². The van der Waals surface area contributed by atoms with E-state index in [2.05, 4.69) is 5.16 Å². The summed E-state index contributed by atoms with van der Waals surface area (Å²) in [5.74, 6) is -0.617. The second-order valence-electron chi connectivity index (χ2n) is 3.99. The summed E-state index contributed by atoms with van der Waals surface area (Å²) < 4.78 is 31.2. The molecule has 2 rings (SSSR count). The van der Waals surface area contributed by atoms with Crippen molar-refractivity contribution in [1.82, 2.24) is 0 Å². The summed E-state index contributed by atoms with van der Waals surface area (Å²) >= 11 is 0. The zero-order chi connectivity index (χ0) is 14.4. The molecule has 0 aliphatic heterocycles. The molecule has 5 heteroatoms. The lowest BCUT2D eigenvalue weighted by molar-refractivity contribution is 0.129. The Labute approximate surface area is 115 Å². The van der Waals surface area contributed by atoms with E-state index in [0.717, 1.165) is 11.6 Å². The monoisotopic (exact) mass is 277 g/mol. The fourth-order valence-corrected chi connectivity index (χ4v) is 1.61. The van der Waals surface area contributed by atoms with Crippen LogP contribution in [0.1, 0.15) is 11.1 Å². The number of rotatable bonds is 5. The minimum atomic E-state index is -0.655. The van der Waals surface area contributed by atoms with Gasteiger partial charge in [-0.3, -0.25) is 0 Å². The molecule has 0 heterocycles. The molecule has 0 saturated carbocycles. The predicted molar refractivity (Wildman–Crippen MR) is 71.7 cm³/mol. The molecule has 0 bridgehead atoms. The molecule has 0 aromatic heterocycles. The highest BCUT2D eigenvalue weighted by Crippen LogP contribution is 2.15. The molecule has 2 aromatic rings. The molecule has 0 unspecified atom stereocenters. The maximum absolute atomic E-state index is 13.3. The van der Waals surface area contributed by atoms with Gasteiger partial charge in [-0.15, -0.1) is 0 Å². The number of hydrogen-bond acceptors (Lipinski definition) is 3. The number of nitrogens with zero attached hydrogens (tertiary/aromatic N) is 1. The zero-order valence-electron chi connectivity index (χ0n) is 10.8. The highest BCUT2D eigenvalue weighted by Gasteiger charge is 2.03. The van der Waals surface area contributed by atoms with Gasteiger partial charge in [0.1, 0.15) is 24.0 Å². The second-order valence-corrected chi connectivity index (χ2v) is 3.99. The quantitative estimate of drug-likeness (QED) is 0.618. The molecule has 3 nitrogen and oxygen atoms in total. The highest BCUT2D eigenvalue weighted by atomic mass is 19.1. The van der Waals surface area contributed by atoms with E-state index in [9.17, 15) is 8.78 Å². The second kappa shape index (κ2) is 6.65. The summed E-state index contributed by atoms with van der Waals surface area (Å²) in [6.07, 6.45) is 1.47. The van der Waals surface area contributed by atoms with Crippen molar-refractivity contribution in [3.05, 3.63) is 65.2 Å². The van der Waals surface area contributed by atoms with E-state index in [1.807, 2.05) is 18.2 Å². The number of ether oxygens (including phenoxy) is 1. The van der Waals surface area contributed by atoms with E-state index >= 15 is 0 Å². The van der Waals surface area contributed by atoms with Gasteiger partial charge in [-0.05, 0) is 24.3 Å². The van der Waals surface area contributed by atoms with Crippen LogP contribution in [0.15, 0.2) is 47.6 Å². The van der Waals surface area contributed by atoms with Gasteiger partial charge in [0.2, 0.25) is 0 Å². The van der Waals surface area contributed by atoms with Crippen LogP contribution in [0, 0.1) is 11.6 Å². The third-order valence-electron chi connectivity index (χ3n) is 2.64. The lowest BCUT2D eigenvalue weighted by Gasteiger charge is -2.04. The van der Waals surface area contributed by atoms with Gasteiger partial charge in [0.05, 0.1) is 13.3 Å². The number of para-hydroxylation sites is 1. The number of methoxy groups -OCH3 is 1. The van der Waals surface area contributed by atoms with Crippen molar-refractivity contribution in [2.24, 2.45) is 5.16 Å². The standard InChI is InChI=1S/C15H13F2NO2/c1-19-15-5-3-2-4-11(15)9-18-20-10-12-6-7-13(16)8-14(12)17/h2-9H,10H2,1H3. The molecule has 0 aliphatic rings. The SMILES string of the molecule is COc1ccccc1C=NOCc1ccc(F)cc1F. The Kier molecular flexibility index (Phi) is 4.65. The molecule has 0 saturated heterocycles. The van der Waals surface area contributed by atoms with E-state index in [-0.39, 0.29) is 12.2 Å². The van der Waals surface area contributed by atoms with Gasteiger partial charge in [-0.1, -0.05) is 17.3 Å². The Morgan fingerprint density at radius 2 is 1.95 bits per heavy atom. The molecule has 0 atom stereocenters. The minimum absolute atomic E-state index is 0.0717. The van der Waals surface area contributed by atoms with Crippen LogP contribution in [-0.4, -0.2) is 13.3 Å². The van der Waals surface area contributed by atoms with Crippen LogP contribution in [0.5, 0.6) is 5.75 Å². The van der Waals surface area contributed by atoms with E-state index < -0.39 is 11.6 Å². The van der Waals surface area contributed by atoms with Crippen molar-refractivity contribution in [3.8, 4) is 5.75 Å². The van der Waals surface area contributed by atoms with Crippen LogP contribution >= 0.6 is 0 Å². The van der Waals surface area contributed by atoms with Gasteiger partial charge < -0.3 is 9.57 Å². The van der Waals surface area contributed by atoms with Crippen molar-refractivity contribution in [2.45, 2.75) is 6.61 Å². The molecule has 0 fully saturated rings. The van der Waals surface area contributed by atoms with Crippen LogP contribution in [0.4, 0.5) is 8.78 Å². The number of oxime groups is 1. The topological polar surface area (TPSA) is 30.8 Å². The minimum Gasteiger partial charge on any atom is -0.496 e. The first kappa shape index (κ1) is 14.0. The average molecular weight is 277 g/mol. The molecule has 0 N–H and O–H groups in total. The maximum Gasteiger partial charge on any atom is 0.145 e. The van der Waals surface area contributed by atoms with Gasteiger partial charge >= 0.3 is 0 Å². The first-order valence-electron chi connectivity index (χ1n) is 5.93. The third-order valence-corrected chi connectivity index (χ3v) is 2.64. The molecule has 2 aromatic carbocycles. The highest BCUT2D eigenvalue weighted by molar-refractivity contribution is 5.82. The van der Waals surface area contributed by atoms with Crippen molar-refractivity contribution < 1.29 is 18.4 Å². The van der Waals surface area contributed by atoms with E-state index in [1.165, 1.54) is 18.3 Å². The Bertz CT molecular complexity index is 615. The van der Waals surface area contributed by atoms with Crippen LogP contribution in [-0.2, 0) is 11.4 Å². The Morgan fingerprint density at radius 3 is 2.70 bits per heavy atom. The molecule has 0 amide bonds. The van der Waals surface area contributed by atoms with Gasteiger partial charge in [-0.2, -0.15) is 0 Å². The van der Waals surface area contributed by atoms with Crippen LogP contribution < -0.4 is 4.74 Å². The molecule has 104 valence electrons. The summed E-state index contributed by atoms with van der Waals surface area (Å²) in [6, 6.07) is 10.6. The Hall–Kier alpha value is -2.43. The summed E-state index contributed by atoms with van der Waals surface area (Å²) in [5, 5.41) is 3.74. The molecule has 0 aliphatic carbocycles. The summed E-state index contributed by atoms with van der Waals surface area (Å²) in [7, 11) is 1.56. The van der Waals surface area contributed by atoms with Gasteiger partial charge in [0.15, 0.2) is 0 Å². The first-order chi connectivity index (χ1) is 9.70. The number of halogens is 2. The van der Waals surface area contributed by atoms with Gasteiger partial charge in [0, 0.05) is 17.2 Å². The Balaban J connectivity index is 1.97. The van der Waals surface area contributed by atoms with E-state index in [0.29, 0.717) is 5.75 Å². The van der Waals surface area contributed by atoms with Crippen molar-refractivity contribution >= 4 is 6.21 Å². The lowest BCUT2D eigenvalue weighted by Crippen LogP contribution is -1.94. The fraction of sp³-hybridized carbons (Fsp3) is 0.133. The smallest absolute Gasteiger partial charge is 0.145 e. The van der Waals surface area contributed by atoms with Crippen LogP contribution in [0.3, 0.4) is 0 Å². The third kappa shape index (κ3) is 3.54.